The molecule has 1 aliphatic rings. The van der Waals surface area contributed by atoms with Crippen molar-refractivity contribution in [2.24, 2.45) is 5.10 Å². The molecule has 3 rings (SSSR count). The van der Waals surface area contributed by atoms with Crippen molar-refractivity contribution in [3.63, 3.8) is 0 Å². The average Bonchev–Trinajstić information content (AvgIpc) is 2.94. The second-order valence-corrected chi connectivity index (χ2v) is 4.58. The zero-order valence-corrected chi connectivity index (χ0v) is 11.3. The van der Waals surface area contributed by atoms with E-state index in [1.807, 2.05) is 26.0 Å². The molecule has 2 heterocycles. The van der Waals surface area contributed by atoms with Crippen LogP contribution in [-0.4, -0.2) is 27.9 Å². The van der Waals surface area contributed by atoms with Crippen LogP contribution in [0, 0.1) is 18.6 Å². The van der Waals surface area contributed by atoms with Gasteiger partial charge in [0.25, 0.3) is 0 Å². The van der Waals surface area contributed by atoms with Gasteiger partial charge in [0.15, 0.2) is 11.5 Å². The van der Waals surface area contributed by atoms with Crippen LogP contribution in [0.4, 0.5) is 0 Å². The third-order valence-corrected chi connectivity index (χ3v) is 3.15. The van der Waals surface area contributed by atoms with E-state index in [4.69, 9.17) is 21.7 Å². The second kappa shape index (κ2) is 4.51. The molecule has 0 amide bonds. The fraction of sp³-hybridized carbons (Fsp3) is 0.250. The maximum absolute atomic E-state index is 5.35. The van der Waals surface area contributed by atoms with E-state index in [1.54, 1.807) is 10.9 Å². The van der Waals surface area contributed by atoms with Crippen molar-refractivity contribution in [2.45, 2.75) is 13.8 Å². The number of hydrogen-bond donors (Lipinski definition) is 1. The molecule has 0 radical (unpaired) electrons. The van der Waals surface area contributed by atoms with Gasteiger partial charge in [-0.25, -0.2) is 0 Å². The standard InChI is InChI=1S/C12H12N4O2S/c1-7-3-10-11(18-6-17-10)4-9(7)5-13-16-8(2)14-15-12(16)19/h3-5H,6H2,1-2H3,(H,15,19)/b13-5-. The van der Waals surface area contributed by atoms with Gasteiger partial charge in [0.1, 0.15) is 5.82 Å². The smallest absolute Gasteiger partial charge is 0.231 e. The number of ether oxygens (including phenoxy) is 2. The zero-order chi connectivity index (χ0) is 13.4. The first kappa shape index (κ1) is 11.9. The fourth-order valence-corrected chi connectivity index (χ4v) is 2.05. The number of H-pyrrole nitrogens is 1. The van der Waals surface area contributed by atoms with E-state index in [2.05, 4.69) is 15.3 Å². The highest BCUT2D eigenvalue weighted by molar-refractivity contribution is 7.71. The minimum atomic E-state index is 0.265. The van der Waals surface area contributed by atoms with Crippen LogP contribution in [0.3, 0.4) is 0 Å². The molecule has 0 saturated carbocycles. The zero-order valence-electron chi connectivity index (χ0n) is 10.5. The lowest BCUT2D eigenvalue weighted by molar-refractivity contribution is 0.174. The van der Waals surface area contributed by atoms with Gasteiger partial charge in [0, 0.05) is 5.56 Å². The Bertz CT molecular complexity index is 717. The lowest BCUT2D eigenvalue weighted by atomic mass is 10.1. The van der Waals surface area contributed by atoms with Crippen LogP contribution in [0.15, 0.2) is 17.2 Å². The van der Waals surface area contributed by atoms with E-state index in [9.17, 15) is 0 Å². The van der Waals surface area contributed by atoms with E-state index in [1.165, 1.54) is 0 Å². The van der Waals surface area contributed by atoms with E-state index >= 15 is 0 Å². The minimum Gasteiger partial charge on any atom is -0.454 e. The Hall–Kier alpha value is -2.15. The van der Waals surface area contributed by atoms with Crippen molar-refractivity contribution >= 4 is 18.4 Å². The number of nitrogens with zero attached hydrogens (tertiary/aromatic N) is 3. The lowest BCUT2D eigenvalue weighted by Crippen LogP contribution is -1.95. The highest BCUT2D eigenvalue weighted by atomic mass is 32.1. The summed E-state index contributed by atoms with van der Waals surface area (Å²) in [6.07, 6.45) is 1.73. The molecule has 0 atom stereocenters. The van der Waals surface area contributed by atoms with Crippen LogP contribution in [0.25, 0.3) is 0 Å². The Kier molecular flexibility index (Phi) is 2.83. The predicted molar refractivity (Wildman–Crippen MR) is 72.4 cm³/mol. The van der Waals surface area contributed by atoms with Gasteiger partial charge >= 0.3 is 0 Å². The normalized spacial score (nSPS) is 13.4. The van der Waals surface area contributed by atoms with Crippen molar-refractivity contribution < 1.29 is 9.47 Å². The molecular formula is C12H12N4O2S. The molecule has 0 fully saturated rings. The van der Waals surface area contributed by atoms with E-state index in [-0.39, 0.29) is 6.79 Å². The predicted octanol–water partition coefficient (Wildman–Crippen LogP) is 2.17. The van der Waals surface area contributed by atoms with Crippen LogP contribution in [0.2, 0.25) is 0 Å². The molecule has 1 N–H and O–H groups in total. The van der Waals surface area contributed by atoms with E-state index < -0.39 is 0 Å². The monoisotopic (exact) mass is 276 g/mol. The SMILES string of the molecule is Cc1cc2c(cc1/C=N\n1c(C)n[nH]c1=S)OCO2. The van der Waals surface area contributed by atoms with Crippen LogP contribution < -0.4 is 9.47 Å². The molecule has 1 aliphatic heterocycles. The summed E-state index contributed by atoms with van der Waals surface area (Å²) in [5.74, 6) is 2.21. The van der Waals surface area contributed by atoms with E-state index in [0.717, 1.165) is 22.6 Å². The van der Waals surface area contributed by atoms with Crippen LogP contribution >= 0.6 is 12.2 Å². The maximum Gasteiger partial charge on any atom is 0.231 e. The summed E-state index contributed by atoms with van der Waals surface area (Å²) in [7, 11) is 0. The first-order valence-electron chi connectivity index (χ1n) is 5.74. The molecule has 0 aliphatic carbocycles. The first-order chi connectivity index (χ1) is 9.15. The summed E-state index contributed by atoms with van der Waals surface area (Å²) < 4.78 is 12.7. The van der Waals surface area contributed by atoms with Gasteiger partial charge in [-0.05, 0) is 43.8 Å². The Morgan fingerprint density at radius 3 is 2.79 bits per heavy atom. The number of aromatic amines is 1. The Morgan fingerprint density at radius 1 is 1.37 bits per heavy atom. The number of aromatic nitrogens is 3. The average molecular weight is 276 g/mol. The Labute approximate surface area is 114 Å². The van der Waals surface area contributed by atoms with Crippen molar-refractivity contribution in [2.75, 3.05) is 6.79 Å². The van der Waals surface area contributed by atoms with Crippen LogP contribution in [-0.2, 0) is 0 Å². The lowest BCUT2D eigenvalue weighted by Gasteiger charge is -2.02. The number of benzene rings is 1. The third kappa shape index (κ3) is 2.12. The topological polar surface area (TPSA) is 64.4 Å². The van der Waals surface area contributed by atoms with Gasteiger partial charge in [0.05, 0.1) is 6.21 Å². The Balaban J connectivity index is 1.98. The van der Waals surface area contributed by atoms with Crippen molar-refractivity contribution in [1.29, 1.82) is 0 Å². The first-order valence-corrected chi connectivity index (χ1v) is 6.14. The summed E-state index contributed by atoms with van der Waals surface area (Å²) in [6.45, 7) is 4.09. The molecule has 0 unspecified atom stereocenters. The molecule has 1 aromatic heterocycles. The van der Waals surface area contributed by atoms with E-state index in [0.29, 0.717) is 10.6 Å². The summed E-state index contributed by atoms with van der Waals surface area (Å²) in [5, 5.41) is 11.0. The highest BCUT2D eigenvalue weighted by Gasteiger charge is 2.14. The molecule has 6 nitrogen and oxygen atoms in total. The van der Waals surface area contributed by atoms with Gasteiger partial charge in [0.2, 0.25) is 11.6 Å². The molecule has 0 saturated heterocycles. The van der Waals surface area contributed by atoms with Crippen molar-refractivity contribution in [1.82, 2.24) is 14.9 Å². The maximum atomic E-state index is 5.35. The van der Waals surface area contributed by atoms with Crippen molar-refractivity contribution in [3.8, 4) is 11.5 Å². The summed E-state index contributed by atoms with van der Waals surface area (Å²) in [6, 6.07) is 3.84. The Morgan fingerprint density at radius 2 is 2.11 bits per heavy atom. The number of hydrogen-bond acceptors (Lipinski definition) is 5. The summed E-state index contributed by atoms with van der Waals surface area (Å²) >= 11 is 5.09. The summed E-state index contributed by atoms with van der Waals surface area (Å²) in [5.41, 5.74) is 2.01. The highest BCUT2D eigenvalue weighted by Crippen LogP contribution is 2.34. The number of nitrogens with one attached hydrogen (secondary N) is 1. The molecule has 1 aromatic carbocycles. The van der Waals surface area contributed by atoms with Crippen molar-refractivity contribution in [3.05, 3.63) is 33.9 Å². The number of aryl methyl sites for hydroxylation is 2. The van der Waals surface area contributed by atoms with Gasteiger partial charge in [-0.2, -0.15) is 14.9 Å². The third-order valence-electron chi connectivity index (χ3n) is 2.89. The fourth-order valence-electron chi connectivity index (χ4n) is 1.82. The molecule has 19 heavy (non-hydrogen) atoms. The summed E-state index contributed by atoms with van der Waals surface area (Å²) in [4.78, 5) is 0. The molecule has 98 valence electrons. The van der Waals surface area contributed by atoms with Crippen LogP contribution in [0.1, 0.15) is 17.0 Å². The molecule has 0 spiro atoms. The van der Waals surface area contributed by atoms with Gasteiger partial charge in [-0.1, -0.05) is 0 Å². The van der Waals surface area contributed by atoms with Gasteiger partial charge in [-0.3, -0.25) is 5.10 Å². The largest absolute Gasteiger partial charge is 0.454 e. The molecule has 7 heteroatoms. The number of rotatable bonds is 2. The van der Waals surface area contributed by atoms with Crippen LogP contribution in [0.5, 0.6) is 11.5 Å². The quantitative estimate of drug-likeness (QED) is 0.674. The van der Waals surface area contributed by atoms with Gasteiger partial charge in [-0.15, -0.1) is 0 Å². The minimum absolute atomic E-state index is 0.265. The molecule has 2 aromatic rings. The molecule has 0 bridgehead atoms. The van der Waals surface area contributed by atoms with Gasteiger partial charge < -0.3 is 9.47 Å². The second-order valence-electron chi connectivity index (χ2n) is 4.19. The number of fused-ring (bicyclic) bond motifs is 1. The molecular weight excluding hydrogens is 264 g/mol.